The molecule has 1 atom stereocenters. The second-order valence-electron chi connectivity index (χ2n) is 5.77. The largest absolute Gasteiger partial charge is 0.494 e. The third kappa shape index (κ3) is 4.82. The van der Waals surface area contributed by atoms with Crippen LogP contribution in [0, 0.1) is 0 Å². The van der Waals surface area contributed by atoms with E-state index in [2.05, 4.69) is 6.92 Å². The number of ether oxygens (including phenoxy) is 1. The van der Waals surface area contributed by atoms with Crippen LogP contribution in [0.5, 0.6) is 5.75 Å². The van der Waals surface area contributed by atoms with Gasteiger partial charge in [0.1, 0.15) is 5.75 Å². The molecule has 1 unspecified atom stereocenters. The van der Waals surface area contributed by atoms with E-state index in [1.165, 1.54) is 0 Å². The minimum Gasteiger partial charge on any atom is -0.494 e. The molecule has 0 saturated heterocycles. The summed E-state index contributed by atoms with van der Waals surface area (Å²) in [5.41, 5.74) is 6.69. The number of sulfone groups is 1. The highest BCUT2D eigenvalue weighted by atomic mass is 32.2. The third-order valence-electron chi connectivity index (χ3n) is 3.93. The van der Waals surface area contributed by atoms with Crippen LogP contribution in [0.1, 0.15) is 25.3 Å². The van der Waals surface area contributed by atoms with Crippen LogP contribution >= 0.6 is 0 Å². The minimum absolute atomic E-state index is 0.0893. The number of nitrogens with two attached hydrogens (primary N) is 1. The normalized spacial score (nSPS) is 12.8. The van der Waals surface area contributed by atoms with Crippen molar-refractivity contribution in [2.75, 3.05) is 13.2 Å². The number of benzene rings is 2. The highest BCUT2D eigenvalue weighted by molar-refractivity contribution is 7.92. The first-order chi connectivity index (χ1) is 11.6. The lowest BCUT2D eigenvalue weighted by atomic mass is 10.1. The Morgan fingerprint density at radius 1 is 1.04 bits per heavy atom. The highest BCUT2D eigenvalue weighted by Gasteiger charge is 2.26. The first-order valence-corrected chi connectivity index (χ1v) is 9.83. The monoisotopic (exact) mass is 347 g/mol. The molecule has 130 valence electrons. The van der Waals surface area contributed by atoms with Gasteiger partial charge in [-0.1, -0.05) is 43.7 Å². The fraction of sp³-hybridized carbons (Fsp3) is 0.368. The van der Waals surface area contributed by atoms with Gasteiger partial charge in [0.05, 0.1) is 16.8 Å². The second-order valence-corrected chi connectivity index (χ2v) is 7.99. The van der Waals surface area contributed by atoms with Gasteiger partial charge in [-0.3, -0.25) is 0 Å². The molecule has 0 fully saturated rings. The SMILES string of the molecule is CCCCOc1ccc(CC(CN)S(=O)(=O)c2ccccc2)cc1. The van der Waals surface area contributed by atoms with Gasteiger partial charge in [-0.25, -0.2) is 8.42 Å². The molecule has 0 spiro atoms. The molecule has 5 heteroatoms. The summed E-state index contributed by atoms with van der Waals surface area (Å²) < 4.78 is 31.0. The molecule has 0 bridgehead atoms. The molecule has 0 radical (unpaired) electrons. The zero-order valence-corrected chi connectivity index (χ0v) is 14.8. The Bertz CT molecular complexity index is 712. The van der Waals surface area contributed by atoms with Crippen LogP contribution in [0.2, 0.25) is 0 Å². The number of hydrogen-bond acceptors (Lipinski definition) is 4. The van der Waals surface area contributed by atoms with E-state index in [-0.39, 0.29) is 6.54 Å². The van der Waals surface area contributed by atoms with E-state index in [4.69, 9.17) is 10.5 Å². The summed E-state index contributed by atoms with van der Waals surface area (Å²) in [6.45, 7) is 2.90. The van der Waals surface area contributed by atoms with Crippen molar-refractivity contribution in [2.24, 2.45) is 5.73 Å². The number of hydrogen-bond donors (Lipinski definition) is 1. The van der Waals surface area contributed by atoms with Gasteiger partial charge in [-0.05, 0) is 42.7 Å². The first kappa shape index (κ1) is 18.5. The predicted octanol–water partition coefficient (Wildman–Crippen LogP) is 3.21. The summed E-state index contributed by atoms with van der Waals surface area (Å²) >= 11 is 0. The van der Waals surface area contributed by atoms with Crippen LogP contribution in [0.4, 0.5) is 0 Å². The minimum atomic E-state index is -3.43. The van der Waals surface area contributed by atoms with Crippen LogP contribution in [-0.4, -0.2) is 26.8 Å². The van der Waals surface area contributed by atoms with Crippen molar-refractivity contribution < 1.29 is 13.2 Å². The van der Waals surface area contributed by atoms with Crippen LogP contribution in [0.25, 0.3) is 0 Å². The standard InChI is InChI=1S/C19H25NO3S/c1-2-3-13-23-17-11-9-16(10-12-17)14-19(15-20)24(21,22)18-7-5-4-6-8-18/h4-12,19H,2-3,13-15,20H2,1H3. The molecule has 2 aromatic carbocycles. The van der Waals surface area contributed by atoms with Gasteiger partial charge < -0.3 is 10.5 Å². The zero-order chi connectivity index (χ0) is 17.4. The summed E-state index contributed by atoms with van der Waals surface area (Å²) in [6.07, 6.45) is 2.50. The molecule has 2 aromatic rings. The molecule has 0 amide bonds. The molecule has 0 heterocycles. The molecular weight excluding hydrogens is 322 g/mol. The van der Waals surface area contributed by atoms with Gasteiger partial charge in [0.25, 0.3) is 0 Å². The third-order valence-corrected chi connectivity index (χ3v) is 6.09. The fourth-order valence-electron chi connectivity index (χ4n) is 2.44. The van der Waals surface area contributed by atoms with Gasteiger partial charge in [0, 0.05) is 6.54 Å². The van der Waals surface area contributed by atoms with E-state index in [0.29, 0.717) is 17.9 Å². The lowest BCUT2D eigenvalue weighted by Gasteiger charge is -2.16. The van der Waals surface area contributed by atoms with Crippen LogP contribution in [-0.2, 0) is 16.3 Å². The van der Waals surface area contributed by atoms with Gasteiger partial charge in [0.15, 0.2) is 9.84 Å². The maximum absolute atomic E-state index is 12.7. The maximum Gasteiger partial charge on any atom is 0.182 e. The highest BCUT2D eigenvalue weighted by Crippen LogP contribution is 2.20. The molecule has 0 aliphatic carbocycles. The van der Waals surface area contributed by atoms with Gasteiger partial charge in [0.2, 0.25) is 0 Å². The Kier molecular flexibility index (Phi) is 6.82. The molecule has 0 aliphatic heterocycles. The van der Waals surface area contributed by atoms with E-state index in [1.54, 1.807) is 30.3 Å². The van der Waals surface area contributed by atoms with E-state index in [1.807, 2.05) is 24.3 Å². The molecule has 2 rings (SSSR count). The maximum atomic E-state index is 12.7. The van der Waals surface area contributed by atoms with E-state index < -0.39 is 15.1 Å². The van der Waals surface area contributed by atoms with E-state index in [0.717, 1.165) is 24.2 Å². The molecule has 0 aliphatic rings. The summed E-state index contributed by atoms with van der Waals surface area (Å²) in [6, 6.07) is 16.1. The Balaban J connectivity index is 2.07. The summed E-state index contributed by atoms with van der Waals surface area (Å²) in [5, 5.41) is -0.633. The molecule has 4 nitrogen and oxygen atoms in total. The summed E-state index contributed by atoms with van der Waals surface area (Å²) in [4.78, 5) is 0.319. The molecular formula is C19H25NO3S. The van der Waals surface area contributed by atoms with Crippen molar-refractivity contribution in [3.8, 4) is 5.75 Å². The molecule has 0 saturated carbocycles. The number of rotatable bonds is 9. The van der Waals surface area contributed by atoms with Gasteiger partial charge in [-0.2, -0.15) is 0 Å². The van der Waals surface area contributed by atoms with E-state index in [9.17, 15) is 8.42 Å². The van der Waals surface area contributed by atoms with Crippen LogP contribution < -0.4 is 10.5 Å². The van der Waals surface area contributed by atoms with Crippen molar-refractivity contribution in [1.29, 1.82) is 0 Å². The molecule has 2 N–H and O–H groups in total. The van der Waals surface area contributed by atoms with Crippen molar-refractivity contribution in [1.82, 2.24) is 0 Å². The Morgan fingerprint density at radius 2 is 1.71 bits per heavy atom. The summed E-state index contributed by atoms with van der Waals surface area (Å²) in [5.74, 6) is 0.808. The summed E-state index contributed by atoms with van der Waals surface area (Å²) in [7, 11) is -3.43. The van der Waals surface area contributed by atoms with Crippen LogP contribution in [0.15, 0.2) is 59.5 Å². The van der Waals surface area contributed by atoms with Gasteiger partial charge >= 0.3 is 0 Å². The van der Waals surface area contributed by atoms with Gasteiger partial charge in [-0.15, -0.1) is 0 Å². The van der Waals surface area contributed by atoms with E-state index >= 15 is 0 Å². The Labute approximate surface area is 144 Å². The lowest BCUT2D eigenvalue weighted by molar-refractivity contribution is 0.309. The molecule has 0 aromatic heterocycles. The average Bonchev–Trinajstić information content (AvgIpc) is 2.61. The van der Waals surface area contributed by atoms with Crippen LogP contribution in [0.3, 0.4) is 0 Å². The Hall–Kier alpha value is -1.85. The Morgan fingerprint density at radius 3 is 2.29 bits per heavy atom. The van der Waals surface area contributed by atoms with Crippen molar-refractivity contribution in [3.63, 3.8) is 0 Å². The fourth-order valence-corrected chi connectivity index (χ4v) is 4.03. The molecule has 24 heavy (non-hydrogen) atoms. The topological polar surface area (TPSA) is 69.4 Å². The van der Waals surface area contributed by atoms with Crippen molar-refractivity contribution in [2.45, 2.75) is 36.3 Å². The van der Waals surface area contributed by atoms with Crippen molar-refractivity contribution >= 4 is 9.84 Å². The lowest BCUT2D eigenvalue weighted by Crippen LogP contribution is -2.31. The predicted molar refractivity (Wildman–Crippen MR) is 97.0 cm³/mol. The quantitative estimate of drug-likeness (QED) is 0.707. The van der Waals surface area contributed by atoms with Crippen molar-refractivity contribution in [3.05, 3.63) is 60.2 Å². The second kappa shape index (κ2) is 8.85. The average molecular weight is 347 g/mol. The smallest absolute Gasteiger partial charge is 0.182 e. The first-order valence-electron chi connectivity index (χ1n) is 8.28. The zero-order valence-electron chi connectivity index (χ0n) is 14.0. The number of unbranched alkanes of at least 4 members (excludes halogenated alkanes) is 1.